The molecular formula is C15H22F2N2. The summed E-state index contributed by atoms with van der Waals surface area (Å²) in [6.45, 7) is 6.14. The van der Waals surface area contributed by atoms with Gasteiger partial charge in [-0.3, -0.25) is 4.90 Å². The van der Waals surface area contributed by atoms with E-state index in [0.717, 1.165) is 12.1 Å². The molecule has 1 N–H and O–H groups in total. The minimum absolute atomic E-state index is 0.104. The molecule has 4 heteroatoms. The van der Waals surface area contributed by atoms with Gasteiger partial charge in [0.05, 0.1) is 0 Å². The van der Waals surface area contributed by atoms with Crippen LogP contribution in [-0.2, 0) is 6.54 Å². The molecule has 1 aromatic rings. The third kappa shape index (κ3) is 4.25. The molecule has 1 atom stereocenters. The smallest absolute Gasteiger partial charge is 0.263 e. The molecule has 0 spiro atoms. The summed E-state index contributed by atoms with van der Waals surface area (Å²) in [6, 6.07) is 7.15. The fourth-order valence-corrected chi connectivity index (χ4v) is 2.58. The summed E-state index contributed by atoms with van der Waals surface area (Å²) >= 11 is 0. The SMILES string of the molecule is CC(CNCc1cccc(C(F)F)c1)N1CCCC1. The summed E-state index contributed by atoms with van der Waals surface area (Å²) in [5, 5.41) is 3.36. The molecule has 0 aliphatic carbocycles. The first kappa shape index (κ1) is 14.4. The molecular weight excluding hydrogens is 246 g/mol. The van der Waals surface area contributed by atoms with E-state index in [9.17, 15) is 8.78 Å². The zero-order valence-electron chi connectivity index (χ0n) is 11.4. The molecule has 1 saturated heterocycles. The van der Waals surface area contributed by atoms with Crippen molar-refractivity contribution in [3.8, 4) is 0 Å². The van der Waals surface area contributed by atoms with Crippen molar-refractivity contribution in [3.63, 3.8) is 0 Å². The van der Waals surface area contributed by atoms with Gasteiger partial charge in [0.15, 0.2) is 0 Å². The number of hydrogen-bond acceptors (Lipinski definition) is 2. The van der Waals surface area contributed by atoms with Crippen molar-refractivity contribution < 1.29 is 8.78 Å². The number of alkyl halides is 2. The Balaban J connectivity index is 1.77. The summed E-state index contributed by atoms with van der Waals surface area (Å²) in [4.78, 5) is 2.47. The molecule has 2 rings (SSSR count). The molecule has 1 aromatic carbocycles. The maximum absolute atomic E-state index is 12.6. The van der Waals surface area contributed by atoms with Gasteiger partial charge in [0.2, 0.25) is 0 Å². The highest BCUT2D eigenvalue weighted by atomic mass is 19.3. The zero-order valence-corrected chi connectivity index (χ0v) is 11.4. The summed E-state index contributed by atoms with van der Waals surface area (Å²) in [7, 11) is 0. The molecule has 0 bridgehead atoms. The normalized spacial score (nSPS) is 18.1. The Morgan fingerprint density at radius 2 is 2.00 bits per heavy atom. The first-order valence-corrected chi connectivity index (χ1v) is 6.98. The lowest BCUT2D eigenvalue weighted by atomic mass is 10.1. The molecule has 0 aromatic heterocycles. The number of likely N-dealkylation sites (tertiary alicyclic amines) is 1. The van der Waals surface area contributed by atoms with Gasteiger partial charge in [-0.1, -0.05) is 18.2 Å². The van der Waals surface area contributed by atoms with E-state index in [0.29, 0.717) is 12.6 Å². The van der Waals surface area contributed by atoms with E-state index in [1.165, 1.54) is 32.0 Å². The Kier molecular flexibility index (Phi) is 5.28. The summed E-state index contributed by atoms with van der Waals surface area (Å²) in [6.07, 6.45) is 0.199. The van der Waals surface area contributed by atoms with Gasteiger partial charge in [-0.2, -0.15) is 0 Å². The third-order valence-electron chi connectivity index (χ3n) is 3.74. The number of nitrogens with one attached hydrogen (secondary N) is 1. The number of halogens is 2. The van der Waals surface area contributed by atoms with Crippen LogP contribution in [0.5, 0.6) is 0 Å². The number of nitrogens with zero attached hydrogens (tertiary/aromatic N) is 1. The van der Waals surface area contributed by atoms with Crippen LogP contribution in [0.25, 0.3) is 0 Å². The van der Waals surface area contributed by atoms with Crippen molar-refractivity contribution in [2.45, 2.75) is 38.8 Å². The number of hydrogen-bond donors (Lipinski definition) is 1. The van der Waals surface area contributed by atoms with Gasteiger partial charge in [-0.15, -0.1) is 0 Å². The van der Waals surface area contributed by atoms with Crippen LogP contribution in [0.15, 0.2) is 24.3 Å². The maximum Gasteiger partial charge on any atom is 0.263 e. The number of benzene rings is 1. The monoisotopic (exact) mass is 268 g/mol. The van der Waals surface area contributed by atoms with Crippen molar-refractivity contribution in [1.82, 2.24) is 10.2 Å². The van der Waals surface area contributed by atoms with Gasteiger partial charge in [0.25, 0.3) is 6.43 Å². The topological polar surface area (TPSA) is 15.3 Å². The minimum atomic E-state index is -2.39. The van der Waals surface area contributed by atoms with E-state index in [2.05, 4.69) is 17.1 Å². The molecule has 1 aliphatic heterocycles. The average Bonchev–Trinajstić information content (AvgIpc) is 2.93. The molecule has 2 nitrogen and oxygen atoms in total. The van der Waals surface area contributed by atoms with E-state index in [1.54, 1.807) is 12.1 Å². The van der Waals surface area contributed by atoms with Crippen LogP contribution in [0, 0.1) is 0 Å². The lowest BCUT2D eigenvalue weighted by Crippen LogP contribution is -2.38. The standard InChI is InChI=1S/C15H22F2N2/c1-12(19-7-2-3-8-19)10-18-11-13-5-4-6-14(9-13)15(16)17/h4-6,9,12,15,18H,2-3,7-8,10-11H2,1H3. The second kappa shape index (κ2) is 6.96. The predicted octanol–water partition coefficient (Wildman–Crippen LogP) is 3.20. The van der Waals surface area contributed by atoms with Gasteiger partial charge in [-0.05, 0) is 44.5 Å². The zero-order chi connectivity index (χ0) is 13.7. The second-order valence-corrected chi connectivity index (χ2v) is 5.27. The summed E-state index contributed by atoms with van der Waals surface area (Å²) < 4.78 is 25.1. The van der Waals surface area contributed by atoms with Gasteiger partial charge in [-0.25, -0.2) is 8.78 Å². The Morgan fingerprint density at radius 3 is 2.68 bits per heavy atom. The molecule has 1 fully saturated rings. The molecule has 106 valence electrons. The van der Waals surface area contributed by atoms with Crippen molar-refractivity contribution in [3.05, 3.63) is 35.4 Å². The van der Waals surface area contributed by atoms with E-state index < -0.39 is 6.43 Å². The first-order valence-electron chi connectivity index (χ1n) is 6.98. The second-order valence-electron chi connectivity index (χ2n) is 5.27. The van der Waals surface area contributed by atoms with Crippen LogP contribution in [-0.4, -0.2) is 30.6 Å². The predicted molar refractivity (Wildman–Crippen MR) is 73.4 cm³/mol. The summed E-state index contributed by atoms with van der Waals surface area (Å²) in [5.74, 6) is 0. The van der Waals surface area contributed by atoms with Crippen molar-refractivity contribution >= 4 is 0 Å². The Hall–Kier alpha value is -1.00. The number of rotatable bonds is 6. The quantitative estimate of drug-likeness (QED) is 0.852. The van der Waals surface area contributed by atoms with Gasteiger partial charge < -0.3 is 5.32 Å². The van der Waals surface area contributed by atoms with Crippen molar-refractivity contribution in [1.29, 1.82) is 0 Å². The highest BCUT2D eigenvalue weighted by Gasteiger charge is 2.17. The fourth-order valence-electron chi connectivity index (χ4n) is 2.58. The van der Waals surface area contributed by atoms with Gasteiger partial charge in [0.1, 0.15) is 0 Å². The fraction of sp³-hybridized carbons (Fsp3) is 0.600. The average molecular weight is 268 g/mol. The Labute approximate surface area is 113 Å². The van der Waals surface area contributed by atoms with E-state index in [1.807, 2.05) is 6.07 Å². The molecule has 1 aliphatic rings. The van der Waals surface area contributed by atoms with Crippen LogP contribution in [0.2, 0.25) is 0 Å². The van der Waals surface area contributed by atoms with Crippen molar-refractivity contribution in [2.24, 2.45) is 0 Å². The Morgan fingerprint density at radius 1 is 1.26 bits per heavy atom. The van der Waals surface area contributed by atoms with Crippen LogP contribution in [0.1, 0.15) is 37.3 Å². The third-order valence-corrected chi connectivity index (χ3v) is 3.74. The minimum Gasteiger partial charge on any atom is -0.311 e. The lowest BCUT2D eigenvalue weighted by molar-refractivity contribution is 0.151. The molecule has 1 unspecified atom stereocenters. The lowest BCUT2D eigenvalue weighted by Gasteiger charge is -2.24. The highest BCUT2D eigenvalue weighted by molar-refractivity contribution is 5.24. The van der Waals surface area contributed by atoms with E-state index >= 15 is 0 Å². The van der Waals surface area contributed by atoms with Crippen LogP contribution in [0.3, 0.4) is 0 Å². The van der Waals surface area contributed by atoms with Crippen LogP contribution >= 0.6 is 0 Å². The van der Waals surface area contributed by atoms with E-state index in [-0.39, 0.29) is 5.56 Å². The van der Waals surface area contributed by atoms with Crippen molar-refractivity contribution in [2.75, 3.05) is 19.6 Å². The Bertz CT molecular complexity index is 389. The van der Waals surface area contributed by atoms with Gasteiger partial charge >= 0.3 is 0 Å². The molecule has 1 heterocycles. The molecule has 19 heavy (non-hydrogen) atoms. The van der Waals surface area contributed by atoms with E-state index in [4.69, 9.17) is 0 Å². The van der Waals surface area contributed by atoms with Gasteiger partial charge in [0, 0.05) is 24.7 Å². The maximum atomic E-state index is 12.6. The van der Waals surface area contributed by atoms with Crippen LogP contribution in [0.4, 0.5) is 8.78 Å². The summed E-state index contributed by atoms with van der Waals surface area (Å²) in [5.41, 5.74) is 1.03. The molecule has 0 amide bonds. The molecule has 0 radical (unpaired) electrons. The first-order chi connectivity index (χ1) is 9.16. The van der Waals surface area contributed by atoms with Crippen LogP contribution < -0.4 is 5.32 Å². The highest BCUT2D eigenvalue weighted by Crippen LogP contribution is 2.19. The molecule has 0 saturated carbocycles. The largest absolute Gasteiger partial charge is 0.311 e.